The minimum Gasteiger partial charge on any atom is -0.369 e. The van der Waals surface area contributed by atoms with Crippen LogP contribution in [-0.4, -0.2) is 70.8 Å². The van der Waals surface area contributed by atoms with Gasteiger partial charge in [0.2, 0.25) is 5.91 Å². The first-order valence-electron chi connectivity index (χ1n) is 10.8. The SMILES string of the molecule is Cc1cc(C)n(CC(=O)N2CCC[C@@H](N3CCN(c4ccccc4C)CC3)C2)n1. The molecule has 2 fully saturated rings. The van der Waals surface area contributed by atoms with Crippen LogP contribution in [0.2, 0.25) is 0 Å². The number of rotatable bonds is 4. The summed E-state index contributed by atoms with van der Waals surface area (Å²) in [7, 11) is 0. The van der Waals surface area contributed by atoms with E-state index in [1.165, 1.54) is 17.7 Å². The van der Waals surface area contributed by atoms with Crippen LogP contribution in [0.15, 0.2) is 30.3 Å². The molecule has 0 N–H and O–H groups in total. The predicted octanol–water partition coefficient (Wildman–Crippen LogP) is 2.62. The zero-order valence-electron chi connectivity index (χ0n) is 18.0. The van der Waals surface area contributed by atoms with Crippen molar-refractivity contribution < 1.29 is 4.79 Å². The third-order valence-corrected chi connectivity index (χ3v) is 6.42. The smallest absolute Gasteiger partial charge is 0.244 e. The Bertz CT molecular complexity index is 853. The van der Waals surface area contributed by atoms with Gasteiger partial charge in [-0.15, -0.1) is 0 Å². The van der Waals surface area contributed by atoms with Crippen LogP contribution in [-0.2, 0) is 11.3 Å². The maximum absolute atomic E-state index is 12.9. The summed E-state index contributed by atoms with van der Waals surface area (Å²) in [6.07, 6.45) is 2.28. The monoisotopic (exact) mass is 395 g/mol. The number of carbonyl (C=O) groups is 1. The summed E-state index contributed by atoms with van der Waals surface area (Å²) in [5.41, 5.74) is 4.73. The molecule has 0 spiro atoms. The Morgan fingerprint density at radius 3 is 2.52 bits per heavy atom. The lowest BCUT2D eigenvalue weighted by Gasteiger charge is -2.44. The Balaban J connectivity index is 1.32. The van der Waals surface area contributed by atoms with Gasteiger partial charge in [-0.05, 0) is 51.3 Å². The Morgan fingerprint density at radius 1 is 1.07 bits per heavy atom. The number of piperazine rings is 1. The van der Waals surface area contributed by atoms with Crippen LogP contribution in [0.5, 0.6) is 0 Å². The van der Waals surface area contributed by atoms with E-state index in [1.807, 2.05) is 24.6 Å². The van der Waals surface area contributed by atoms with E-state index in [0.29, 0.717) is 12.6 Å². The highest BCUT2D eigenvalue weighted by atomic mass is 16.2. The fourth-order valence-electron chi connectivity index (χ4n) is 4.79. The van der Waals surface area contributed by atoms with Crippen LogP contribution >= 0.6 is 0 Å². The molecule has 0 radical (unpaired) electrons. The lowest BCUT2D eigenvalue weighted by atomic mass is 10.0. The minimum atomic E-state index is 0.194. The molecule has 6 heteroatoms. The van der Waals surface area contributed by atoms with Crippen LogP contribution in [0, 0.1) is 20.8 Å². The Kier molecular flexibility index (Phi) is 5.90. The molecule has 0 aliphatic carbocycles. The zero-order valence-corrected chi connectivity index (χ0v) is 18.0. The summed E-state index contributed by atoms with van der Waals surface area (Å²) in [6.45, 7) is 12.5. The van der Waals surface area contributed by atoms with Crippen LogP contribution in [0.4, 0.5) is 5.69 Å². The van der Waals surface area contributed by atoms with Crippen molar-refractivity contribution in [1.29, 1.82) is 0 Å². The van der Waals surface area contributed by atoms with Crippen LogP contribution in [0.3, 0.4) is 0 Å². The summed E-state index contributed by atoms with van der Waals surface area (Å²) in [5, 5.41) is 4.45. The number of amides is 1. The van der Waals surface area contributed by atoms with Gasteiger partial charge >= 0.3 is 0 Å². The Morgan fingerprint density at radius 2 is 1.83 bits per heavy atom. The number of nitrogens with zero attached hydrogens (tertiary/aromatic N) is 5. The largest absolute Gasteiger partial charge is 0.369 e. The average Bonchev–Trinajstić information content (AvgIpc) is 3.05. The van der Waals surface area contributed by atoms with Gasteiger partial charge in [0.05, 0.1) is 5.69 Å². The number of aryl methyl sites for hydroxylation is 3. The van der Waals surface area contributed by atoms with Gasteiger partial charge in [-0.2, -0.15) is 5.10 Å². The molecule has 2 aromatic rings. The van der Waals surface area contributed by atoms with Crippen molar-refractivity contribution in [2.75, 3.05) is 44.2 Å². The van der Waals surface area contributed by atoms with Crippen LogP contribution < -0.4 is 4.90 Å². The minimum absolute atomic E-state index is 0.194. The molecule has 0 saturated carbocycles. The van der Waals surface area contributed by atoms with Gasteiger partial charge in [-0.25, -0.2) is 0 Å². The summed E-state index contributed by atoms with van der Waals surface area (Å²) in [5.74, 6) is 0.194. The molecule has 0 bridgehead atoms. The molecule has 1 atom stereocenters. The molecule has 6 nitrogen and oxygen atoms in total. The molecule has 3 heterocycles. The van der Waals surface area contributed by atoms with E-state index >= 15 is 0 Å². The number of carbonyl (C=O) groups excluding carboxylic acids is 1. The fourth-order valence-corrected chi connectivity index (χ4v) is 4.79. The number of aromatic nitrogens is 2. The van der Waals surface area contributed by atoms with Crippen LogP contribution in [0.1, 0.15) is 29.8 Å². The molecule has 2 aliphatic heterocycles. The van der Waals surface area contributed by atoms with Gasteiger partial charge in [-0.3, -0.25) is 14.4 Å². The Labute approximate surface area is 174 Å². The molecule has 156 valence electrons. The van der Waals surface area contributed by atoms with Gasteiger partial charge in [0.1, 0.15) is 6.54 Å². The van der Waals surface area contributed by atoms with Crippen molar-refractivity contribution in [1.82, 2.24) is 19.6 Å². The van der Waals surface area contributed by atoms with Gasteiger partial charge in [0, 0.05) is 56.7 Å². The molecule has 1 amide bonds. The molecule has 2 saturated heterocycles. The molecule has 4 rings (SSSR count). The van der Waals surface area contributed by atoms with Crippen LogP contribution in [0.25, 0.3) is 0 Å². The fraction of sp³-hybridized carbons (Fsp3) is 0.565. The number of hydrogen-bond acceptors (Lipinski definition) is 4. The van der Waals surface area contributed by atoms with Gasteiger partial charge < -0.3 is 9.80 Å². The first-order valence-corrected chi connectivity index (χ1v) is 10.8. The number of benzene rings is 1. The molecule has 29 heavy (non-hydrogen) atoms. The zero-order chi connectivity index (χ0) is 20.4. The molecular formula is C23H33N5O. The predicted molar refractivity (Wildman–Crippen MR) is 116 cm³/mol. The highest BCUT2D eigenvalue weighted by Gasteiger charge is 2.30. The second kappa shape index (κ2) is 8.57. The molecule has 1 aromatic carbocycles. The quantitative estimate of drug-likeness (QED) is 0.798. The van der Waals surface area contributed by atoms with Gasteiger partial charge in [-0.1, -0.05) is 18.2 Å². The first-order chi connectivity index (χ1) is 14.0. The van der Waals surface area contributed by atoms with Crippen molar-refractivity contribution in [3.63, 3.8) is 0 Å². The first kappa shape index (κ1) is 20.0. The van der Waals surface area contributed by atoms with E-state index in [4.69, 9.17) is 0 Å². The van der Waals surface area contributed by atoms with Gasteiger partial charge in [0.15, 0.2) is 0 Å². The number of anilines is 1. The summed E-state index contributed by atoms with van der Waals surface area (Å²) in [4.78, 5) is 20.0. The number of likely N-dealkylation sites (tertiary alicyclic amines) is 1. The van der Waals surface area contributed by atoms with Crippen molar-refractivity contribution >= 4 is 11.6 Å². The number of hydrogen-bond donors (Lipinski definition) is 0. The van der Waals surface area contributed by atoms with Crippen molar-refractivity contribution in [2.24, 2.45) is 0 Å². The third-order valence-electron chi connectivity index (χ3n) is 6.42. The summed E-state index contributed by atoms with van der Waals surface area (Å²) >= 11 is 0. The number of piperidine rings is 1. The molecule has 2 aliphatic rings. The van der Waals surface area contributed by atoms with Crippen molar-refractivity contribution in [3.05, 3.63) is 47.3 Å². The molecule has 0 unspecified atom stereocenters. The second-order valence-electron chi connectivity index (χ2n) is 8.53. The maximum atomic E-state index is 12.9. The summed E-state index contributed by atoms with van der Waals surface area (Å²) < 4.78 is 1.84. The highest BCUT2D eigenvalue weighted by molar-refractivity contribution is 5.76. The second-order valence-corrected chi connectivity index (χ2v) is 8.53. The van der Waals surface area contributed by atoms with E-state index in [0.717, 1.165) is 57.1 Å². The van der Waals surface area contributed by atoms with Gasteiger partial charge in [0.25, 0.3) is 0 Å². The molecule has 1 aromatic heterocycles. The van der Waals surface area contributed by atoms with Crippen molar-refractivity contribution in [2.45, 2.75) is 46.2 Å². The lowest BCUT2D eigenvalue weighted by molar-refractivity contribution is -0.134. The topological polar surface area (TPSA) is 44.6 Å². The third kappa shape index (κ3) is 4.47. The normalized spacial score (nSPS) is 20.9. The lowest BCUT2D eigenvalue weighted by Crippen LogP contribution is -2.56. The Hall–Kier alpha value is -2.34. The standard InChI is InChI=1S/C23H33N5O/c1-18-7-4-5-9-22(18)26-13-11-25(12-14-26)21-8-6-10-27(16-21)23(29)17-28-20(3)15-19(2)24-28/h4-5,7,9,15,21H,6,8,10-14,16-17H2,1-3H3/t21-/m1/s1. The van der Waals surface area contributed by atoms with Crippen molar-refractivity contribution in [3.8, 4) is 0 Å². The van der Waals surface area contributed by atoms with E-state index in [1.54, 1.807) is 0 Å². The average molecular weight is 396 g/mol. The summed E-state index contributed by atoms with van der Waals surface area (Å²) in [6, 6.07) is 11.2. The maximum Gasteiger partial charge on any atom is 0.244 e. The number of para-hydroxylation sites is 1. The van der Waals surface area contributed by atoms with E-state index in [-0.39, 0.29) is 5.91 Å². The van der Waals surface area contributed by atoms with E-state index in [2.05, 4.69) is 51.0 Å². The van der Waals surface area contributed by atoms with E-state index in [9.17, 15) is 4.79 Å². The molecular weight excluding hydrogens is 362 g/mol. The highest BCUT2D eigenvalue weighted by Crippen LogP contribution is 2.23. The van der Waals surface area contributed by atoms with E-state index < -0.39 is 0 Å².